The number of carbonyl (C=O) groups excluding carboxylic acids is 1. The number of para-hydroxylation sites is 1. The Labute approximate surface area is 177 Å². The van der Waals surface area contributed by atoms with Crippen molar-refractivity contribution in [2.75, 3.05) is 34.9 Å². The zero-order valence-electron chi connectivity index (χ0n) is 17.6. The molecule has 2 aromatic rings. The van der Waals surface area contributed by atoms with Crippen LogP contribution < -0.4 is 14.5 Å². The van der Waals surface area contributed by atoms with Crippen LogP contribution in [0.3, 0.4) is 0 Å². The van der Waals surface area contributed by atoms with E-state index in [1.807, 2.05) is 11.9 Å². The van der Waals surface area contributed by atoms with E-state index in [0.29, 0.717) is 17.4 Å². The largest absolute Gasteiger partial charge is 0.369 e. The highest BCUT2D eigenvalue weighted by atomic mass is 32.2. The lowest BCUT2D eigenvalue weighted by Crippen LogP contribution is -2.33. The molecule has 1 saturated carbocycles. The van der Waals surface area contributed by atoms with Crippen LogP contribution >= 0.6 is 0 Å². The number of sulfonamides is 1. The van der Waals surface area contributed by atoms with Crippen LogP contribution in [0, 0.1) is 5.82 Å². The molecule has 0 heterocycles. The molecule has 2 aromatic carbocycles. The van der Waals surface area contributed by atoms with Crippen molar-refractivity contribution in [2.45, 2.75) is 38.1 Å². The molecule has 0 spiro atoms. The number of benzene rings is 2. The summed E-state index contributed by atoms with van der Waals surface area (Å²) in [6.07, 6.45) is 6.72. The van der Waals surface area contributed by atoms with Gasteiger partial charge in [-0.3, -0.25) is 9.10 Å². The van der Waals surface area contributed by atoms with Gasteiger partial charge in [-0.25, -0.2) is 12.8 Å². The first kappa shape index (κ1) is 22.1. The molecule has 1 aliphatic rings. The molecule has 0 atom stereocenters. The summed E-state index contributed by atoms with van der Waals surface area (Å²) in [5, 5.41) is 2.67. The summed E-state index contributed by atoms with van der Waals surface area (Å²) in [5.74, 6) is -0.906. The zero-order valence-corrected chi connectivity index (χ0v) is 18.4. The van der Waals surface area contributed by atoms with Crippen molar-refractivity contribution >= 4 is 33.0 Å². The molecule has 3 rings (SSSR count). The lowest BCUT2D eigenvalue weighted by molar-refractivity contribution is 0.102. The van der Waals surface area contributed by atoms with Gasteiger partial charge in [0.05, 0.1) is 23.2 Å². The first-order valence-corrected chi connectivity index (χ1v) is 11.9. The fourth-order valence-corrected chi connectivity index (χ4v) is 4.37. The van der Waals surface area contributed by atoms with Crippen molar-refractivity contribution in [3.8, 4) is 0 Å². The SMILES string of the molecule is CN(c1ccc(NC(=O)c2ccccc2N(C)S(C)(=O)=O)cc1F)C1CCCCC1. The average molecular weight is 434 g/mol. The number of nitrogens with zero attached hydrogens (tertiary/aromatic N) is 2. The van der Waals surface area contributed by atoms with Gasteiger partial charge in [0.1, 0.15) is 5.82 Å². The van der Waals surface area contributed by atoms with Crippen molar-refractivity contribution < 1.29 is 17.6 Å². The van der Waals surface area contributed by atoms with Gasteiger partial charge in [0.25, 0.3) is 5.91 Å². The van der Waals surface area contributed by atoms with E-state index < -0.39 is 21.7 Å². The van der Waals surface area contributed by atoms with Crippen LogP contribution in [-0.4, -0.2) is 40.7 Å². The number of hydrogen-bond donors (Lipinski definition) is 1. The fourth-order valence-electron chi connectivity index (χ4n) is 3.85. The van der Waals surface area contributed by atoms with E-state index in [9.17, 15) is 17.6 Å². The van der Waals surface area contributed by atoms with Crippen LogP contribution in [-0.2, 0) is 10.0 Å². The topological polar surface area (TPSA) is 69.7 Å². The minimum Gasteiger partial charge on any atom is -0.369 e. The van der Waals surface area contributed by atoms with Crippen LogP contribution in [0.5, 0.6) is 0 Å². The zero-order chi connectivity index (χ0) is 21.9. The molecule has 1 N–H and O–H groups in total. The number of anilines is 3. The standard InChI is InChI=1S/C22H28FN3O3S/c1-25(17-9-5-4-6-10-17)21-14-13-16(15-19(21)23)24-22(27)18-11-7-8-12-20(18)26(2)30(3,28)29/h7-8,11-15,17H,4-6,9-10H2,1-3H3,(H,24,27). The summed E-state index contributed by atoms with van der Waals surface area (Å²) < 4.78 is 39.6. The summed E-state index contributed by atoms with van der Waals surface area (Å²) in [5.41, 5.74) is 1.27. The van der Waals surface area contributed by atoms with Crippen molar-refractivity contribution in [3.63, 3.8) is 0 Å². The lowest BCUT2D eigenvalue weighted by atomic mass is 9.94. The molecule has 1 amide bonds. The molecular formula is C22H28FN3O3S. The Kier molecular flexibility index (Phi) is 6.65. The maximum atomic E-state index is 14.8. The Morgan fingerprint density at radius 1 is 1.03 bits per heavy atom. The lowest BCUT2D eigenvalue weighted by Gasteiger charge is -2.33. The normalized spacial score (nSPS) is 14.9. The number of hydrogen-bond acceptors (Lipinski definition) is 4. The third kappa shape index (κ3) is 4.92. The number of rotatable bonds is 6. The van der Waals surface area contributed by atoms with Crippen molar-refractivity contribution in [3.05, 3.63) is 53.8 Å². The van der Waals surface area contributed by atoms with E-state index in [-0.39, 0.29) is 11.3 Å². The maximum Gasteiger partial charge on any atom is 0.257 e. The summed E-state index contributed by atoms with van der Waals surface area (Å²) in [6, 6.07) is 11.4. The second-order valence-corrected chi connectivity index (χ2v) is 9.78. The van der Waals surface area contributed by atoms with Gasteiger partial charge in [-0.2, -0.15) is 0 Å². The summed E-state index contributed by atoms with van der Waals surface area (Å²) in [4.78, 5) is 14.8. The Bertz CT molecular complexity index is 1020. The van der Waals surface area contributed by atoms with Gasteiger partial charge in [0.2, 0.25) is 10.0 Å². The van der Waals surface area contributed by atoms with E-state index in [4.69, 9.17) is 0 Å². The predicted molar refractivity (Wildman–Crippen MR) is 119 cm³/mol. The molecule has 1 fully saturated rings. The molecule has 0 aromatic heterocycles. The van der Waals surface area contributed by atoms with Gasteiger partial charge in [-0.1, -0.05) is 31.4 Å². The van der Waals surface area contributed by atoms with Crippen LogP contribution in [0.15, 0.2) is 42.5 Å². The molecule has 162 valence electrons. The summed E-state index contributed by atoms with van der Waals surface area (Å²) in [7, 11) is -0.237. The Morgan fingerprint density at radius 3 is 2.33 bits per heavy atom. The van der Waals surface area contributed by atoms with E-state index in [1.165, 1.54) is 25.6 Å². The van der Waals surface area contributed by atoms with Gasteiger partial charge in [-0.15, -0.1) is 0 Å². The Hall–Kier alpha value is -2.61. The highest BCUT2D eigenvalue weighted by Gasteiger charge is 2.22. The molecule has 0 saturated heterocycles. The Balaban J connectivity index is 1.79. The van der Waals surface area contributed by atoms with Gasteiger partial charge in [0, 0.05) is 25.8 Å². The van der Waals surface area contributed by atoms with Crippen LogP contribution in [0.25, 0.3) is 0 Å². The molecule has 8 heteroatoms. The quantitative estimate of drug-likeness (QED) is 0.740. The van der Waals surface area contributed by atoms with Crippen molar-refractivity contribution in [2.24, 2.45) is 0 Å². The van der Waals surface area contributed by atoms with Crippen molar-refractivity contribution in [1.82, 2.24) is 0 Å². The van der Waals surface area contributed by atoms with Gasteiger partial charge < -0.3 is 10.2 Å². The fraction of sp³-hybridized carbons (Fsp3) is 0.409. The molecule has 6 nitrogen and oxygen atoms in total. The summed E-state index contributed by atoms with van der Waals surface area (Å²) in [6.45, 7) is 0. The van der Waals surface area contributed by atoms with Gasteiger partial charge in [-0.05, 0) is 43.2 Å². The third-order valence-electron chi connectivity index (χ3n) is 5.69. The first-order chi connectivity index (χ1) is 14.2. The molecule has 0 aliphatic heterocycles. The van der Waals surface area contributed by atoms with E-state index in [2.05, 4.69) is 5.32 Å². The molecular weight excluding hydrogens is 405 g/mol. The predicted octanol–water partition coefficient (Wildman–Crippen LogP) is 4.24. The van der Waals surface area contributed by atoms with Gasteiger partial charge >= 0.3 is 0 Å². The molecule has 0 bridgehead atoms. The summed E-state index contributed by atoms with van der Waals surface area (Å²) >= 11 is 0. The maximum absolute atomic E-state index is 14.8. The number of carbonyl (C=O) groups is 1. The van der Waals surface area contributed by atoms with Gasteiger partial charge in [0.15, 0.2) is 0 Å². The Morgan fingerprint density at radius 2 is 1.70 bits per heavy atom. The monoisotopic (exact) mass is 433 g/mol. The second kappa shape index (κ2) is 9.04. The average Bonchev–Trinajstić information content (AvgIpc) is 2.73. The second-order valence-electron chi connectivity index (χ2n) is 7.77. The van der Waals surface area contributed by atoms with E-state index in [1.54, 1.807) is 30.3 Å². The third-order valence-corrected chi connectivity index (χ3v) is 6.88. The number of amides is 1. The van der Waals surface area contributed by atoms with Crippen LogP contribution in [0.4, 0.5) is 21.5 Å². The van der Waals surface area contributed by atoms with E-state index >= 15 is 0 Å². The van der Waals surface area contributed by atoms with E-state index in [0.717, 1.165) is 36.2 Å². The van der Waals surface area contributed by atoms with Crippen LogP contribution in [0.2, 0.25) is 0 Å². The molecule has 0 unspecified atom stereocenters. The smallest absolute Gasteiger partial charge is 0.257 e. The molecule has 0 radical (unpaired) electrons. The number of nitrogens with one attached hydrogen (secondary N) is 1. The first-order valence-electron chi connectivity index (χ1n) is 10.0. The minimum absolute atomic E-state index is 0.189. The molecule has 1 aliphatic carbocycles. The minimum atomic E-state index is -3.53. The highest BCUT2D eigenvalue weighted by Crippen LogP contribution is 2.30. The van der Waals surface area contributed by atoms with Crippen LogP contribution in [0.1, 0.15) is 42.5 Å². The molecule has 30 heavy (non-hydrogen) atoms. The number of halogens is 1. The van der Waals surface area contributed by atoms with Crippen molar-refractivity contribution in [1.29, 1.82) is 0 Å². The highest BCUT2D eigenvalue weighted by molar-refractivity contribution is 7.92.